The standard InChI is InChI=1S/C27H24N8O7S2/c1-41-18-8-6-17(7-9-18)14-42-26(38)32-24-23-25(29-15-28-24)34(16-30-23)12-21(36)33-10-11-35(22(37)13-33)44(39,40)27-31-19-4-2-3-5-20(19)43-27/h2-9,15-16H,10-14H2,1H3,(H,28,29,32,38). The molecule has 1 fully saturated rings. The molecule has 0 bridgehead atoms. The summed E-state index contributed by atoms with van der Waals surface area (Å²) in [4.78, 5) is 56.4. The van der Waals surface area contributed by atoms with Gasteiger partial charge in [0, 0.05) is 6.54 Å². The number of nitrogens with one attached hydrogen (secondary N) is 1. The fourth-order valence-electron chi connectivity index (χ4n) is 4.52. The second-order valence-corrected chi connectivity index (χ2v) is 12.6. The molecule has 0 spiro atoms. The lowest BCUT2D eigenvalue weighted by Gasteiger charge is -2.33. The van der Waals surface area contributed by atoms with E-state index in [0.717, 1.165) is 21.2 Å². The highest BCUT2D eigenvalue weighted by Gasteiger charge is 2.37. The number of anilines is 1. The average Bonchev–Trinajstić information content (AvgIpc) is 3.66. The van der Waals surface area contributed by atoms with Crippen molar-refractivity contribution in [3.63, 3.8) is 0 Å². The quantitative estimate of drug-likeness (QED) is 0.264. The molecule has 3 amide bonds. The summed E-state index contributed by atoms with van der Waals surface area (Å²) in [6.45, 7) is -0.837. The molecule has 2 aromatic carbocycles. The van der Waals surface area contributed by atoms with Gasteiger partial charge in [-0.2, -0.15) is 8.42 Å². The summed E-state index contributed by atoms with van der Waals surface area (Å²) < 4.78 is 39.4. The van der Waals surface area contributed by atoms with Gasteiger partial charge in [0.2, 0.25) is 10.2 Å². The summed E-state index contributed by atoms with van der Waals surface area (Å²) in [5, 5.41) is 2.53. The van der Waals surface area contributed by atoms with Crippen molar-refractivity contribution in [1.29, 1.82) is 0 Å². The van der Waals surface area contributed by atoms with E-state index >= 15 is 0 Å². The van der Waals surface area contributed by atoms with Crippen LogP contribution >= 0.6 is 11.3 Å². The molecule has 44 heavy (non-hydrogen) atoms. The molecule has 0 atom stereocenters. The van der Waals surface area contributed by atoms with Gasteiger partial charge in [0.25, 0.3) is 15.9 Å². The molecule has 1 aliphatic rings. The number of piperazine rings is 1. The lowest BCUT2D eigenvalue weighted by atomic mass is 10.2. The number of amides is 3. The highest BCUT2D eigenvalue weighted by molar-refractivity contribution is 7.91. The van der Waals surface area contributed by atoms with Crippen molar-refractivity contribution in [3.8, 4) is 5.75 Å². The molecule has 0 unspecified atom stereocenters. The first-order chi connectivity index (χ1) is 21.2. The largest absolute Gasteiger partial charge is 0.497 e. The molecule has 1 aliphatic heterocycles. The topological polar surface area (TPSA) is 179 Å². The van der Waals surface area contributed by atoms with Gasteiger partial charge in [-0.1, -0.05) is 24.3 Å². The van der Waals surface area contributed by atoms with Crippen LogP contribution in [0.4, 0.5) is 10.6 Å². The van der Waals surface area contributed by atoms with Gasteiger partial charge in [0.1, 0.15) is 31.8 Å². The van der Waals surface area contributed by atoms with Crippen LogP contribution in [0, 0.1) is 0 Å². The van der Waals surface area contributed by atoms with Gasteiger partial charge in [-0.3, -0.25) is 14.9 Å². The van der Waals surface area contributed by atoms with E-state index in [-0.39, 0.29) is 47.6 Å². The number of benzene rings is 2. The number of sulfonamides is 1. The fraction of sp³-hybridized carbons (Fsp3) is 0.222. The predicted octanol–water partition coefficient (Wildman–Crippen LogP) is 2.25. The Morgan fingerprint density at radius 3 is 2.59 bits per heavy atom. The second-order valence-electron chi connectivity index (χ2n) is 9.55. The number of carbonyl (C=O) groups excluding carboxylic acids is 3. The summed E-state index contributed by atoms with van der Waals surface area (Å²) in [6.07, 6.45) is 1.81. The van der Waals surface area contributed by atoms with E-state index in [4.69, 9.17) is 9.47 Å². The molecule has 1 saturated heterocycles. The first-order valence-electron chi connectivity index (χ1n) is 13.1. The zero-order valence-corrected chi connectivity index (χ0v) is 24.7. The number of hydrogen-bond acceptors (Lipinski definition) is 12. The van der Waals surface area contributed by atoms with E-state index < -0.39 is 34.5 Å². The van der Waals surface area contributed by atoms with Crippen LogP contribution in [-0.4, -0.2) is 86.8 Å². The molecule has 17 heteroatoms. The van der Waals surface area contributed by atoms with E-state index in [2.05, 4.69) is 25.3 Å². The molecule has 15 nitrogen and oxygen atoms in total. The summed E-state index contributed by atoms with van der Waals surface area (Å²) >= 11 is 0.984. The normalized spacial score (nSPS) is 13.8. The Morgan fingerprint density at radius 2 is 1.84 bits per heavy atom. The average molecular weight is 637 g/mol. The van der Waals surface area contributed by atoms with Crippen molar-refractivity contribution >= 4 is 66.5 Å². The molecule has 226 valence electrons. The van der Waals surface area contributed by atoms with Crippen molar-refractivity contribution in [2.45, 2.75) is 17.5 Å². The van der Waals surface area contributed by atoms with Crippen LogP contribution in [0.5, 0.6) is 5.75 Å². The van der Waals surface area contributed by atoms with Gasteiger partial charge in [-0.05, 0) is 29.8 Å². The maximum absolute atomic E-state index is 13.2. The highest BCUT2D eigenvalue weighted by Crippen LogP contribution is 2.28. The smallest absolute Gasteiger partial charge is 0.413 e. The summed E-state index contributed by atoms with van der Waals surface area (Å²) in [6, 6.07) is 14.0. The van der Waals surface area contributed by atoms with Gasteiger partial charge >= 0.3 is 6.09 Å². The van der Waals surface area contributed by atoms with Crippen LogP contribution < -0.4 is 10.1 Å². The monoisotopic (exact) mass is 636 g/mol. The molecule has 0 aliphatic carbocycles. The van der Waals surface area contributed by atoms with E-state index in [0.29, 0.717) is 16.0 Å². The number of hydrogen-bond donors (Lipinski definition) is 1. The Morgan fingerprint density at radius 1 is 1.05 bits per heavy atom. The minimum atomic E-state index is -4.17. The fourth-order valence-corrected chi connectivity index (χ4v) is 7.22. The highest BCUT2D eigenvalue weighted by atomic mass is 32.2. The Bertz CT molecular complexity index is 1960. The lowest BCUT2D eigenvalue weighted by Crippen LogP contribution is -2.54. The van der Waals surface area contributed by atoms with E-state index in [1.807, 2.05) is 0 Å². The van der Waals surface area contributed by atoms with Crippen molar-refractivity contribution in [2.75, 3.05) is 32.1 Å². The Hall–Kier alpha value is -5.16. The maximum atomic E-state index is 13.2. The molecular formula is C27H24N8O7S2. The van der Waals surface area contributed by atoms with Crippen molar-refractivity contribution < 1.29 is 32.3 Å². The maximum Gasteiger partial charge on any atom is 0.413 e. The SMILES string of the molecule is COc1ccc(COC(=O)Nc2ncnc3c2ncn3CC(=O)N2CCN(S(=O)(=O)c3nc4ccccc4s3)C(=O)C2)cc1. The molecule has 4 heterocycles. The lowest BCUT2D eigenvalue weighted by molar-refractivity contribution is -0.142. The minimum absolute atomic E-state index is 0.00313. The molecule has 3 aromatic heterocycles. The summed E-state index contributed by atoms with van der Waals surface area (Å²) in [7, 11) is -2.61. The van der Waals surface area contributed by atoms with Gasteiger partial charge in [-0.15, -0.1) is 11.3 Å². The number of nitrogens with zero attached hydrogens (tertiary/aromatic N) is 7. The van der Waals surface area contributed by atoms with Gasteiger partial charge in [0.15, 0.2) is 17.0 Å². The van der Waals surface area contributed by atoms with Gasteiger partial charge in [-0.25, -0.2) is 29.0 Å². The summed E-state index contributed by atoms with van der Waals surface area (Å²) in [5.74, 6) is -0.411. The van der Waals surface area contributed by atoms with Crippen molar-refractivity contribution in [3.05, 3.63) is 66.7 Å². The van der Waals surface area contributed by atoms with Crippen LogP contribution in [0.1, 0.15) is 5.56 Å². The van der Waals surface area contributed by atoms with E-state index in [1.165, 1.54) is 22.1 Å². The third kappa shape index (κ3) is 5.73. The zero-order chi connectivity index (χ0) is 30.8. The zero-order valence-electron chi connectivity index (χ0n) is 23.1. The number of para-hydroxylation sites is 1. The Kier molecular flexibility index (Phi) is 7.79. The Balaban J connectivity index is 1.08. The van der Waals surface area contributed by atoms with Crippen molar-refractivity contribution in [2.24, 2.45) is 0 Å². The molecule has 0 saturated carbocycles. The number of carbonyl (C=O) groups is 3. The molecule has 5 aromatic rings. The second kappa shape index (κ2) is 11.8. The van der Waals surface area contributed by atoms with Crippen LogP contribution in [0.25, 0.3) is 21.4 Å². The molecular weight excluding hydrogens is 612 g/mol. The number of fused-ring (bicyclic) bond motifs is 2. The van der Waals surface area contributed by atoms with E-state index in [1.54, 1.807) is 55.6 Å². The summed E-state index contributed by atoms with van der Waals surface area (Å²) in [5.41, 5.74) is 1.77. The predicted molar refractivity (Wildman–Crippen MR) is 157 cm³/mol. The minimum Gasteiger partial charge on any atom is -0.497 e. The number of rotatable bonds is 8. The molecule has 1 N–H and O–H groups in total. The number of methoxy groups -OCH3 is 1. The van der Waals surface area contributed by atoms with Crippen LogP contribution in [-0.2, 0) is 37.5 Å². The van der Waals surface area contributed by atoms with E-state index in [9.17, 15) is 22.8 Å². The van der Waals surface area contributed by atoms with Crippen LogP contribution in [0.15, 0.2) is 65.5 Å². The van der Waals surface area contributed by atoms with Gasteiger partial charge in [0.05, 0.1) is 30.2 Å². The number of ether oxygens (including phenoxy) is 2. The third-order valence-corrected chi connectivity index (χ3v) is 9.98. The molecule has 0 radical (unpaired) electrons. The van der Waals surface area contributed by atoms with Crippen LogP contribution in [0.2, 0.25) is 0 Å². The number of imidazole rings is 1. The van der Waals surface area contributed by atoms with Crippen molar-refractivity contribution in [1.82, 2.24) is 33.7 Å². The Labute approximate surface area is 254 Å². The van der Waals surface area contributed by atoms with Crippen LogP contribution in [0.3, 0.4) is 0 Å². The number of aromatic nitrogens is 5. The number of thiazole rings is 1. The first kappa shape index (κ1) is 28.9. The first-order valence-corrected chi connectivity index (χ1v) is 15.4. The van der Waals surface area contributed by atoms with Gasteiger partial charge < -0.3 is 18.9 Å². The molecule has 6 rings (SSSR count). The third-order valence-electron chi connectivity index (χ3n) is 6.77.